The van der Waals surface area contributed by atoms with E-state index in [1.165, 1.54) is 6.92 Å². The van der Waals surface area contributed by atoms with E-state index in [0.29, 0.717) is 17.4 Å². The van der Waals surface area contributed by atoms with Crippen molar-refractivity contribution in [3.8, 4) is 0 Å². The smallest absolute Gasteiger partial charge is 0.313 e. The number of hydrogen-bond acceptors (Lipinski definition) is 4. The van der Waals surface area contributed by atoms with Crippen molar-refractivity contribution in [3.05, 3.63) is 40.6 Å². The third kappa shape index (κ3) is 7.51. The molecule has 5 heteroatoms. The van der Waals surface area contributed by atoms with Crippen LogP contribution in [0.3, 0.4) is 0 Å². The summed E-state index contributed by atoms with van der Waals surface area (Å²) in [6.07, 6.45) is 2.41. The second-order valence-corrected chi connectivity index (χ2v) is 4.99. The number of ketones is 1. The van der Waals surface area contributed by atoms with Crippen LogP contribution in [0, 0.1) is 0 Å². The van der Waals surface area contributed by atoms with E-state index in [4.69, 9.17) is 21.1 Å². The predicted octanol–water partition coefficient (Wildman–Crippen LogP) is 3.63. The van der Waals surface area contributed by atoms with Gasteiger partial charge in [0.15, 0.2) is 0 Å². The van der Waals surface area contributed by atoms with E-state index in [9.17, 15) is 9.59 Å². The number of benzene rings is 1. The molecule has 0 saturated heterocycles. The van der Waals surface area contributed by atoms with Gasteiger partial charge in [-0.25, -0.2) is 0 Å². The SMILES string of the molecule is CCCO/C(=C\c1ccc(Cl)cc1)COC(=O)CC(C)=O. The van der Waals surface area contributed by atoms with Gasteiger partial charge in [0.2, 0.25) is 0 Å². The van der Waals surface area contributed by atoms with Crippen LogP contribution in [0.1, 0.15) is 32.3 Å². The van der Waals surface area contributed by atoms with Crippen molar-refractivity contribution in [1.82, 2.24) is 0 Å². The average molecular weight is 311 g/mol. The fraction of sp³-hybridized carbons (Fsp3) is 0.375. The third-order valence-electron chi connectivity index (χ3n) is 2.46. The van der Waals surface area contributed by atoms with Gasteiger partial charge in [0, 0.05) is 5.02 Å². The van der Waals surface area contributed by atoms with Crippen LogP contribution >= 0.6 is 11.6 Å². The lowest BCUT2D eigenvalue weighted by Gasteiger charge is -2.10. The lowest BCUT2D eigenvalue weighted by atomic mass is 10.2. The number of halogens is 1. The van der Waals surface area contributed by atoms with Crippen LogP contribution in [-0.4, -0.2) is 25.0 Å². The summed E-state index contributed by atoms with van der Waals surface area (Å²) in [6, 6.07) is 7.23. The van der Waals surface area contributed by atoms with E-state index in [1.54, 1.807) is 18.2 Å². The van der Waals surface area contributed by atoms with Gasteiger partial charge in [0.25, 0.3) is 0 Å². The summed E-state index contributed by atoms with van der Waals surface area (Å²) in [7, 11) is 0. The van der Waals surface area contributed by atoms with E-state index in [2.05, 4.69) is 0 Å². The summed E-state index contributed by atoms with van der Waals surface area (Å²) in [5.74, 6) is -0.238. The molecule has 0 atom stereocenters. The van der Waals surface area contributed by atoms with Crippen LogP contribution in [0.4, 0.5) is 0 Å². The fourth-order valence-electron chi connectivity index (χ4n) is 1.51. The van der Waals surface area contributed by atoms with Crippen molar-refractivity contribution >= 4 is 29.4 Å². The van der Waals surface area contributed by atoms with Crippen molar-refractivity contribution in [2.24, 2.45) is 0 Å². The second kappa shape index (κ2) is 9.19. The van der Waals surface area contributed by atoms with E-state index in [-0.39, 0.29) is 18.8 Å². The highest BCUT2D eigenvalue weighted by atomic mass is 35.5. The molecule has 0 aromatic heterocycles. The molecule has 0 bridgehead atoms. The quantitative estimate of drug-likeness (QED) is 0.418. The highest BCUT2D eigenvalue weighted by Gasteiger charge is 2.08. The van der Waals surface area contributed by atoms with Gasteiger partial charge in [-0.05, 0) is 37.1 Å². The Morgan fingerprint density at radius 3 is 2.43 bits per heavy atom. The number of rotatable bonds is 8. The van der Waals surface area contributed by atoms with Crippen LogP contribution in [0.25, 0.3) is 6.08 Å². The Balaban J connectivity index is 2.68. The van der Waals surface area contributed by atoms with Crippen molar-refractivity contribution in [3.63, 3.8) is 0 Å². The van der Waals surface area contributed by atoms with Gasteiger partial charge in [-0.2, -0.15) is 0 Å². The first-order valence-corrected chi connectivity index (χ1v) is 7.13. The minimum Gasteiger partial charge on any atom is -0.494 e. The Morgan fingerprint density at radius 1 is 1.19 bits per heavy atom. The zero-order valence-electron chi connectivity index (χ0n) is 12.2. The summed E-state index contributed by atoms with van der Waals surface area (Å²) in [6.45, 7) is 3.87. The number of hydrogen-bond donors (Lipinski definition) is 0. The molecule has 0 spiro atoms. The number of carbonyl (C=O) groups excluding carboxylic acids is 2. The first-order valence-electron chi connectivity index (χ1n) is 6.75. The Hall–Kier alpha value is -1.81. The zero-order chi connectivity index (χ0) is 15.7. The molecule has 1 rings (SSSR count). The summed E-state index contributed by atoms with van der Waals surface area (Å²) in [4.78, 5) is 22.2. The Kier molecular flexibility index (Phi) is 7.54. The van der Waals surface area contributed by atoms with Crippen molar-refractivity contribution < 1.29 is 19.1 Å². The summed E-state index contributed by atoms with van der Waals surface area (Å²) in [5, 5.41) is 0.649. The standard InChI is InChI=1S/C16H19ClO4/c1-3-8-20-15(11-21-16(19)9-12(2)18)10-13-4-6-14(17)7-5-13/h4-7,10H,3,8-9,11H2,1-2H3/b15-10-. The van der Waals surface area contributed by atoms with E-state index in [0.717, 1.165) is 12.0 Å². The van der Waals surface area contributed by atoms with Gasteiger partial charge >= 0.3 is 5.97 Å². The van der Waals surface area contributed by atoms with Gasteiger partial charge in [0.05, 0.1) is 6.61 Å². The van der Waals surface area contributed by atoms with Gasteiger partial charge in [-0.1, -0.05) is 30.7 Å². The number of ether oxygens (including phenoxy) is 2. The molecule has 21 heavy (non-hydrogen) atoms. The monoisotopic (exact) mass is 310 g/mol. The van der Waals surface area contributed by atoms with Crippen LogP contribution in [0.5, 0.6) is 0 Å². The molecular weight excluding hydrogens is 292 g/mol. The van der Waals surface area contributed by atoms with Crippen molar-refractivity contribution in [2.45, 2.75) is 26.7 Å². The molecule has 4 nitrogen and oxygen atoms in total. The van der Waals surface area contributed by atoms with Crippen molar-refractivity contribution in [2.75, 3.05) is 13.2 Å². The highest BCUT2D eigenvalue weighted by molar-refractivity contribution is 6.30. The molecule has 0 radical (unpaired) electrons. The number of carbonyl (C=O) groups is 2. The average Bonchev–Trinajstić information content (AvgIpc) is 2.43. The lowest BCUT2D eigenvalue weighted by Crippen LogP contribution is -2.12. The summed E-state index contributed by atoms with van der Waals surface area (Å²) < 4.78 is 10.6. The number of esters is 1. The first kappa shape index (κ1) is 17.2. The van der Waals surface area contributed by atoms with Gasteiger partial charge in [-0.15, -0.1) is 0 Å². The Bertz CT molecular complexity index is 506. The topological polar surface area (TPSA) is 52.6 Å². The third-order valence-corrected chi connectivity index (χ3v) is 2.71. The molecule has 0 heterocycles. The maximum atomic E-state index is 11.4. The lowest BCUT2D eigenvalue weighted by molar-refractivity contribution is -0.145. The minimum atomic E-state index is -0.551. The molecule has 0 amide bonds. The Labute approximate surface area is 129 Å². The van der Waals surface area contributed by atoms with Gasteiger partial charge in [0.1, 0.15) is 24.6 Å². The second-order valence-electron chi connectivity index (χ2n) is 4.55. The maximum absolute atomic E-state index is 11.4. The van der Waals surface area contributed by atoms with Gasteiger partial charge in [-0.3, -0.25) is 9.59 Å². The van der Waals surface area contributed by atoms with E-state index < -0.39 is 5.97 Å². The maximum Gasteiger partial charge on any atom is 0.313 e. The molecule has 0 aliphatic heterocycles. The molecule has 0 unspecified atom stereocenters. The van der Waals surface area contributed by atoms with Crippen LogP contribution < -0.4 is 0 Å². The molecule has 1 aromatic carbocycles. The molecule has 0 N–H and O–H groups in total. The fourth-order valence-corrected chi connectivity index (χ4v) is 1.63. The first-order chi connectivity index (χ1) is 10.0. The van der Waals surface area contributed by atoms with E-state index >= 15 is 0 Å². The number of Topliss-reactive ketones (excluding diaryl/α,β-unsaturated/α-hetero) is 1. The normalized spacial score (nSPS) is 11.1. The summed E-state index contributed by atoms with van der Waals surface area (Å²) >= 11 is 5.83. The largest absolute Gasteiger partial charge is 0.494 e. The Morgan fingerprint density at radius 2 is 1.86 bits per heavy atom. The molecule has 0 saturated carbocycles. The molecule has 0 aliphatic carbocycles. The molecule has 0 aliphatic rings. The highest BCUT2D eigenvalue weighted by Crippen LogP contribution is 2.13. The predicted molar refractivity (Wildman–Crippen MR) is 81.9 cm³/mol. The minimum absolute atomic E-state index is 0.00867. The molecule has 114 valence electrons. The van der Waals surface area contributed by atoms with Crippen LogP contribution in [-0.2, 0) is 19.1 Å². The molecule has 0 fully saturated rings. The van der Waals surface area contributed by atoms with E-state index in [1.807, 2.05) is 19.1 Å². The summed E-state index contributed by atoms with van der Waals surface area (Å²) in [5.41, 5.74) is 0.896. The molecule has 1 aromatic rings. The van der Waals surface area contributed by atoms with Gasteiger partial charge < -0.3 is 9.47 Å². The zero-order valence-corrected chi connectivity index (χ0v) is 13.0. The van der Waals surface area contributed by atoms with Crippen LogP contribution in [0.2, 0.25) is 5.02 Å². The van der Waals surface area contributed by atoms with Crippen LogP contribution in [0.15, 0.2) is 30.0 Å². The molecular formula is C16H19ClO4. The van der Waals surface area contributed by atoms with Crippen molar-refractivity contribution in [1.29, 1.82) is 0 Å².